The van der Waals surface area contributed by atoms with Crippen LogP contribution in [0.5, 0.6) is 5.75 Å². The van der Waals surface area contributed by atoms with Gasteiger partial charge in [0.15, 0.2) is 5.78 Å². The van der Waals surface area contributed by atoms with Crippen molar-refractivity contribution in [2.45, 2.75) is 49.6 Å². The van der Waals surface area contributed by atoms with Crippen LogP contribution in [-0.2, 0) is 41.7 Å². The van der Waals surface area contributed by atoms with E-state index in [-0.39, 0.29) is 30.5 Å². The number of hydrogen-bond donors (Lipinski definition) is 2. The number of aliphatic hydroxyl groups excluding tert-OH is 1. The molecule has 4 rings (SSSR count). The molecule has 2 aliphatic rings. The molecule has 2 aromatic rings. The van der Waals surface area contributed by atoms with Crippen LogP contribution in [0.1, 0.15) is 24.0 Å². The van der Waals surface area contributed by atoms with Crippen LogP contribution in [0.4, 0.5) is 0 Å². The summed E-state index contributed by atoms with van der Waals surface area (Å²) in [4.78, 5) is 51.7. The van der Waals surface area contributed by atoms with Crippen molar-refractivity contribution in [2.75, 3.05) is 19.5 Å². The van der Waals surface area contributed by atoms with E-state index in [4.69, 9.17) is 14.2 Å². The number of nitrogens with zero attached hydrogens (tertiary/aromatic N) is 1. The fourth-order valence-corrected chi connectivity index (χ4v) is 5.50. The molecular formula is C27H30N2O8S. The van der Waals surface area contributed by atoms with Crippen molar-refractivity contribution < 1.29 is 38.5 Å². The summed E-state index contributed by atoms with van der Waals surface area (Å²) in [5.74, 6) is -1.54. The van der Waals surface area contributed by atoms with Crippen LogP contribution in [0, 0.1) is 0 Å². The van der Waals surface area contributed by atoms with Gasteiger partial charge in [-0.1, -0.05) is 42.5 Å². The van der Waals surface area contributed by atoms with E-state index in [1.807, 2.05) is 18.2 Å². The van der Waals surface area contributed by atoms with Gasteiger partial charge in [0.25, 0.3) is 5.91 Å². The van der Waals surface area contributed by atoms with Crippen molar-refractivity contribution in [1.82, 2.24) is 10.2 Å². The molecule has 2 amide bonds. The molecule has 2 aromatic carbocycles. The van der Waals surface area contributed by atoms with Crippen molar-refractivity contribution in [3.8, 4) is 5.75 Å². The summed E-state index contributed by atoms with van der Waals surface area (Å²) in [5, 5.41) is 12.5. The summed E-state index contributed by atoms with van der Waals surface area (Å²) >= 11 is 1.07. The summed E-state index contributed by atoms with van der Waals surface area (Å²) in [6, 6.07) is 14.9. The zero-order chi connectivity index (χ0) is 27.1. The highest BCUT2D eigenvalue weighted by atomic mass is 32.2. The maximum atomic E-state index is 13.0. The van der Waals surface area contributed by atoms with E-state index in [1.54, 1.807) is 36.4 Å². The minimum absolute atomic E-state index is 0.00220. The molecule has 1 unspecified atom stereocenters. The fraction of sp³-hybridized carbons (Fsp3) is 0.407. The van der Waals surface area contributed by atoms with Crippen LogP contribution >= 0.6 is 11.8 Å². The normalized spacial score (nSPS) is 21.4. The Kier molecular flexibility index (Phi) is 9.38. The first-order valence-electron chi connectivity index (χ1n) is 12.3. The third-order valence-corrected chi connectivity index (χ3v) is 7.60. The van der Waals surface area contributed by atoms with Crippen molar-refractivity contribution in [2.24, 2.45) is 0 Å². The largest absolute Gasteiger partial charge is 0.497 e. The second kappa shape index (κ2) is 12.9. The number of β-lactam (4-membered cyclic amide) rings is 1. The zero-order valence-electron chi connectivity index (χ0n) is 20.9. The Morgan fingerprint density at radius 1 is 1.13 bits per heavy atom. The predicted octanol–water partition coefficient (Wildman–Crippen LogP) is 1.43. The minimum Gasteiger partial charge on any atom is -0.497 e. The maximum Gasteiger partial charge on any atom is 0.356 e. The van der Waals surface area contributed by atoms with Gasteiger partial charge in [0, 0.05) is 6.61 Å². The molecule has 0 aliphatic carbocycles. The van der Waals surface area contributed by atoms with Gasteiger partial charge in [0.2, 0.25) is 12.1 Å². The van der Waals surface area contributed by atoms with E-state index in [2.05, 4.69) is 5.32 Å². The number of Topliss-reactive ketones (excluding diaryl/α,β-unsaturated/α-hetero) is 1. The van der Waals surface area contributed by atoms with Crippen molar-refractivity contribution >= 4 is 35.3 Å². The van der Waals surface area contributed by atoms with Gasteiger partial charge in [0.1, 0.15) is 29.9 Å². The molecule has 0 saturated carbocycles. The van der Waals surface area contributed by atoms with Crippen molar-refractivity contribution in [1.29, 1.82) is 0 Å². The Bertz CT molecular complexity index is 1140. The molecule has 0 bridgehead atoms. The number of methoxy groups -OCH3 is 1. The molecule has 4 atom stereocenters. The maximum absolute atomic E-state index is 13.0. The third-order valence-electron chi connectivity index (χ3n) is 6.30. The van der Waals surface area contributed by atoms with Gasteiger partial charge in [-0.2, -0.15) is 0 Å². The molecule has 10 nitrogen and oxygen atoms in total. The lowest BCUT2D eigenvalue weighted by Gasteiger charge is -2.47. The number of benzene rings is 2. The second-order valence-corrected chi connectivity index (χ2v) is 10.1. The first kappa shape index (κ1) is 27.6. The average Bonchev–Trinajstić information content (AvgIpc) is 3.48. The quantitative estimate of drug-likeness (QED) is 0.302. The van der Waals surface area contributed by atoms with Gasteiger partial charge < -0.3 is 24.6 Å². The van der Waals surface area contributed by atoms with E-state index in [9.17, 15) is 24.3 Å². The Labute approximate surface area is 224 Å². The number of aliphatic hydroxyl groups is 1. The fourth-order valence-electron chi connectivity index (χ4n) is 4.22. The lowest BCUT2D eigenvalue weighted by molar-refractivity contribution is -0.182. The van der Waals surface area contributed by atoms with Gasteiger partial charge in [-0.15, -0.1) is 11.8 Å². The van der Waals surface area contributed by atoms with E-state index in [0.717, 1.165) is 28.6 Å². The second-order valence-electron chi connectivity index (χ2n) is 8.95. The highest BCUT2D eigenvalue weighted by Gasteiger charge is 2.53. The molecule has 2 aliphatic heterocycles. The van der Waals surface area contributed by atoms with Crippen LogP contribution in [0.15, 0.2) is 54.6 Å². The number of nitrogens with one attached hydrogen (secondary N) is 1. The average molecular weight is 543 g/mol. The van der Waals surface area contributed by atoms with E-state index < -0.39 is 35.6 Å². The third kappa shape index (κ3) is 6.72. The number of thioether (sulfide) groups is 1. The van der Waals surface area contributed by atoms with Gasteiger partial charge in [0.05, 0.1) is 19.3 Å². The number of hydrogen-bond acceptors (Lipinski definition) is 9. The number of ketones is 1. The number of esters is 1. The molecule has 2 N–H and O–H groups in total. The number of rotatable bonds is 12. The topological polar surface area (TPSA) is 131 Å². The number of ether oxygens (including phenoxy) is 3. The lowest BCUT2D eigenvalue weighted by Crippen LogP contribution is -2.73. The van der Waals surface area contributed by atoms with Gasteiger partial charge in [-0.05, 0) is 36.1 Å². The van der Waals surface area contributed by atoms with Crippen LogP contribution in [0.3, 0.4) is 0 Å². The number of carbonyl (C=O) groups excluding carboxylic acids is 4. The van der Waals surface area contributed by atoms with Crippen molar-refractivity contribution in [3.05, 3.63) is 65.7 Å². The summed E-state index contributed by atoms with van der Waals surface area (Å²) in [6.07, 6.45) is -0.907. The first-order chi connectivity index (χ1) is 18.4. The summed E-state index contributed by atoms with van der Waals surface area (Å²) < 4.78 is 15.7. The molecule has 11 heteroatoms. The molecule has 0 radical (unpaired) electrons. The van der Waals surface area contributed by atoms with Crippen LogP contribution in [0.2, 0.25) is 0 Å². The first-order valence-corrected chi connectivity index (χ1v) is 13.3. The van der Waals surface area contributed by atoms with Gasteiger partial charge >= 0.3 is 5.97 Å². The smallest absolute Gasteiger partial charge is 0.356 e. The number of likely N-dealkylation sites (tertiary alicyclic amines) is 1. The van der Waals surface area contributed by atoms with Gasteiger partial charge in [-0.25, -0.2) is 4.79 Å². The Hall–Kier alpha value is -3.41. The highest BCUT2D eigenvalue weighted by molar-refractivity contribution is 8.00. The predicted molar refractivity (Wildman–Crippen MR) is 138 cm³/mol. The molecular weight excluding hydrogens is 512 g/mol. The van der Waals surface area contributed by atoms with Crippen LogP contribution < -0.4 is 10.1 Å². The lowest BCUT2D eigenvalue weighted by atomic mass is 10.1. The van der Waals surface area contributed by atoms with Gasteiger partial charge in [-0.3, -0.25) is 19.3 Å². The van der Waals surface area contributed by atoms with E-state index >= 15 is 0 Å². The van der Waals surface area contributed by atoms with Crippen LogP contribution in [-0.4, -0.2) is 76.8 Å². The Morgan fingerprint density at radius 3 is 2.53 bits per heavy atom. The van der Waals surface area contributed by atoms with E-state index in [1.165, 1.54) is 7.11 Å². The summed E-state index contributed by atoms with van der Waals surface area (Å²) in [7, 11) is 1.54. The molecule has 0 aromatic heterocycles. The number of amides is 2. The number of carbonyl (C=O) groups is 4. The van der Waals surface area contributed by atoms with Crippen LogP contribution in [0.25, 0.3) is 0 Å². The molecule has 38 heavy (non-hydrogen) atoms. The molecule has 2 saturated heterocycles. The Balaban J connectivity index is 1.39. The van der Waals surface area contributed by atoms with E-state index in [0.29, 0.717) is 24.3 Å². The summed E-state index contributed by atoms with van der Waals surface area (Å²) in [5.41, 5.74) is 1.44. The van der Waals surface area contributed by atoms with Crippen molar-refractivity contribution in [3.63, 3.8) is 0 Å². The highest BCUT2D eigenvalue weighted by Crippen LogP contribution is 2.33. The Morgan fingerprint density at radius 2 is 1.87 bits per heavy atom. The molecule has 202 valence electrons. The molecule has 2 heterocycles. The molecule has 0 spiro atoms. The zero-order valence-corrected chi connectivity index (χ0v) is 21.7. The summed E-state index contributed by atoms with van der Waals surface area (Å²) in [6.45, 7) is 0.403. The molecule has 2 fully saturated rings. The minimum atomic E-state index is -1.89. The standard InChI is InChI=1S/C27H30N2O8S/c1-35-19-11-9-18(10-12-19)15-37-27(34)25(33)29-24(32)23(28-22(31)14-17-6-3-2-4-7-17)26(29)38-16-20(30)21-8-5-13-36-21/h2-4,6-7,9-12,21,23,25-26,33H,5,8,13-16H2,1H3,(H,28,31)/t21-,23-,25?,26-/m1/s1. The monoisotopic (exact) mass is 542 g/mol. The SMILES string of the molecule is COc1ccc(COC(=O)C(O)N2C(=O)[C@@H](NC(=O)Cc3ccccc3)[C@H]2SCC(=O)[C@H]2CCCO2)cc1.